The lowest BCUT2D eigenvalue weighted by Crippen LogP contribution is -2.52. The minimum Gasteiger partial charge on any atom is -0.337 e. The molecule has 0 bridgehead atoms. The summed E-state index contributed by atoms with van der Waals surface area (Å²) in [4.78, 5) is 13.1. The van der Waals surface area contributed by atoms with E-state index in [9.17, 15) is 13.2 Å². The molecule has 1 heterocycles. The van der Waals surface area contributed by atoms with Crippen molar-refractivity contribution in [1.29, 1.82) is 0 Å². The number of amides is 1. The fourth-order valence-electron chi connectivity index (χ4n) is 2.14. The maximum absolute atomic E-state index is 12.2. The molecular formula is C14H19N3O3S. The molecule has 0 aromatic heterocycles. The molecule has 1 N–H and O–H groups in total. The van der Waals surface area contributed by atoms with E-state index in [4.69, 9.17) is 0 Å². The Kier molecular flexibility index (Phi) is 5.11. The molecule has 2 rings (SSSR count). The molecule has 1 saturated heterocycles. The molecule has 1 fully saturated rings. The Morgan fingerprint density at radius 3 is 2.38 bits per heavy atom. The second kappa shape index (κ2) is 6.84. The topological polar surface area (TPSA) is 69.7 Å². The third-order valence-corrected chi connectivity index (χ3v) is 4.92. The summed E-state index contributed by atoms with van der Waals surface area (Å²) in [5.74, 6) is -0.163. The number of piperazine rings is 1. The van der Waals surface area contributed by atoms with Gasteiger partial charge in [-0.25, -0.2) is 0 Å². The number of nitrogens with one attached hydrogen (secondary N) is 1. The van der Waals surface area contributed by atoms with Gasteiger partial charge in [0.05, 0.1) is 0 Å². The molecule has 1 aromatic carbocycles. The lowest BCUT2D eigenvalue weighted by atomic mass is 10.2. The van der Waals surface area contributed by atoms with Crippen LogP contribution in [-0.2, 0) is 21.5 Å². The number of rotatable bonds is 5. The Labute approximate surface area is 125 Å². The second-order valence-electron chi connectivity index (χ2n) is 4.74. The van der Waals surface area contributed by atoms with Crippen molar-refractivity contribution in [2.45, 2.75) is 6.54 Å². The molecular weight excluding hydrogens is 290 g/mol. The molecule has 7 heteroatoms. The molecule has 0 unspecified atom stereocenters. The molecule has 0 atom stereocenters. The van der Waals surface area contributed by atoms with Gasteiger partial charge < -0.3 is 4.90 Å². The number of hydrogen-bond acceptors (Lipinski definition) is 3. The van der Waals surface area contributed by atoms with Crippen LogP contribution in [0.15, 0.2) is 43.0 Å². The normalized spacial score (nSPS) is 16.7. The highest BCUT2D eigenvalue weighted by Gasteiger charge is 2.27. The summed E-state index contributed by atoms with van der Waals surface area (Å²) in [5, 5.41) is 0. The van der Waals surface area contributed by atoms with Crippen LogP contribution >= 0.6 is 0 Å². The minimum atomic E-state index is -3.52. The second-order valence-corrected chi connectivity index (χ2v) is 6.50. The Balaban J connectivity index is 1.89. The molecule has 1 aromatic rings. The molecule has 0 spiro atoms. The highest BCUT2D eigenvalue weighted by molar-refractivity contribution is 7.87. The Morgan fingerprint density at radius 1 is 1.19 bits per heavy atom. The van der Waals surface area contributed by atoms with E-state index in [0.717, 1.165) is 5.56 Å². The SMILES string of the molecule is C=CC(=O)N1CCN(S(=O)(=O)NCc2ccccc2)CC1. The number of benzene rings is 1. The Morgan fingerprint density at radius 2 is 1.81 bits per heavy atom. The van der Waals surface area contributed by atoms with Gasteiger partial charge in [0.15, 0.2) is 0 Å². The van der Waals surface area contributed by atoms with Crippen molar-refractivity contribution < 1.29 is 13.2 Å². The average Bonchev–Trinajstić information content (AvgIpc) is 2.53. The molecule has 0 aliphatic carbocycles. The highest BCUT2D eigenvalue weighted by atomic mass is 32.2. The van der Waals surface area contributed by atoms with Gasteiger partial charge >= 0.3 is 0 Å². The molecule has 0 saturated carbocycles. The van der Waals surface area contributed by atoms with Crippen molar-refractivity contribution in [3.05, 3.63) is 48.6 Å². The molecule has 1 aliphatic rings. The van der Waals surface area contributed by atoms with E-state index in [1.165, 1.54) is 10.4 Å². The van der Waals surface area contributed by atoms with Crippen molar-refractivity contribution in [3.63, 3.8) is 0 Å². The summed E-state index contributed by atoms with van der Waals surface area (Å²) in [5.41, 5.74) is 0.904. The van der Waals surface area contributed by atoms with E-state index in [1.54, 1.807) is 4.90 Å². The van der Waals surface area contributed by atoms with Gasteiger partial charge in [0.1, 0.15) is 0 Å². The van der Waals surface area contributed by atoms with Crippen molar-refractivity contribution in [3.8, 4) is 0 Å². The number of hydrogen-bond donors (Lipinski definition) is 1. The number of carbonyl (C=O) groups excluding carboxylic acids is 1. The molecule has 6 nitrogen and oxygen atoms in total. The first kappa shape index (κ1) is 15.7. The smallest absolute Gasteiger partial charge is 0.279 e. The zero-order chi connectivity index (χ0) is 15.3. The maximum atomic E-state index is 12.2. The van der Waals surface area contributed by atoms with E-state index >= 15 is 0 Å². The van der Waals surface area contributed by atoms with Gasteiger partial charge in [-0.05, 0) is 11.6 Å². The summed E-state index contributed by atoms with van der Waals surface area (Å²) in [7, 11) is -3.52. The third-order valence-electron chi connectivity index (χ3n) is 3.37. The molecule has 21 heavy (non-hydrogen) atoms. The van der Waals surface area contributed by atoms with E-state index in [1.807, 2.05) is 30.3 Å². The van der Waals surface area contributed by atoms with Crippen LogP contribution in [0.3, 0.4) is 0 Å². The van der Waals surface area contributed by atoms with Crippen LogP contribution in [0.25, 0.3) is 0 Å². The molecule has 114 valence electrons. The summed E-state index contributed by atoms with van der Waals surface area (Å²) >= 11 is 0. The predicted molar refractivity (Wildman–Crippen MR) is 80.6 cm³/mol. The fourth-order valence-corrected chi connectivity index (χ4v) is 3.32. The van der Waals surface area contributed by atoms with E-state index in [0.29, 0.717) is 26.2 Å². The van der Waals surface area contributed by atoms with E-state index < -0.39 is 10.2 Å². The monoisotopic (exact) mass is 309 g/mol. The van der Waals surface area contributed by atoms with Crippen LogP contribution in [0.1, 0.15) is 5.56 Å². The van der Waals surface area contributed by atoms with Crippen molar-refractivity contribution in [2.75, 3.05) is 26.2 Å². The fraction of sp³-hybridized carbons (Fsp3) is 0.357. The minimum absolute atomic E-state index is 0.163. The lowest BCUT2D eigenvalue weighted by Gasteiger charge is -2.33. The standard InChI is InChI=1S/C14H19N3O3S/c1-2-14(18)16-8-10-17(11-9-16)21(19,20)15-12-13-6-4-3-5-7-13/h2-7,15H,1,8-12H2. The van der Waals surface area contributed by atoms with Crippen LogP contribution in [0.5, 0.6) is 0 Å². The van der Waals surface area contributed by atoms with Gasteiger partial charge in [0.2, 0.25) is 5.91 Å². The summed E-state index contributed by atoms with van der Waals surface area (Å²) in [6.07, 6.45) is 1.25. The van der Waals surface area contributed by atoms with Gasteiger partial charge in [-0.15, -0.1) is 0 Å². The Bertz CT molecular complexity index is 593. The van der Waals surface area contributed by atoms with Crippen LogP contribution < -0.4 is 4.72 Å². The number of nitrogens with zero attached hydrogens (tertiary/aromatic N) is 2. The highest BCUT2D eigenvalue weighted by Crippen LogP contribution is 2.08. The van der Waals surface area contributed by atoms with Gasteiger partial charge in [-0.1, -0.05) is 36.9 Å². The summed E-state index contributed by atoms with van der Waals surface area (Å²) in [6, 6.07) is 9.34. The summed E-state index contributed by atoms with van der Waals surface area (Å²) in [6.45, 7) is 5.05. The van der Waals surface area contributed by atoms with Gasteiger partial charge in [0, 0.05) is 32.7 Å². The predicted octanol–water partition coefficient (Wildman–Crippen LogP) is 0.351. The zero-order valence-electron chi connectivity index (χ0n) is 11.7. The van der Waals surface area contributed by atoms with E-state index in [-0.39, 0.29) is 12.5 Å². The lowest BCUT2D eigenvalue weighted by molar-refractivity contribution is -0.127. The quantitative estimate of drug-likeness (QED) is 0.798. The van der Waals surface area contributed by atoms with Crippen LogP contribution in [-0.4, -0.2) is 49.7 Å². The first-order chi connectivity index (χ1) is 10.0. The van der Waals surface area contributed by atoms with Gasteiger partial charge in [0.25, 0.3) is 10.2 Å². The average molecular weight is 309 g/mol. The van der Waals surface area contributed by atoms with Crippen LogP contribution in [0, 0.1) is 0 Å². The zero-order valence-corrected chi connectivity index (χ0v) is 12.6. The van der Waals surface area contributed by atoms with Crippen LogP contribution in [0.2, 0.25) is 0 Å². The first-order valence-corrected chi connectivity index (χ1v) is 8.17. The van der Waals surface area contributed by atoms with Crippen molar-refractivity contribution >= 4 is 16.1 Å². The van der Waals surface area contributed by atoms with Gasteiger partial charge in [-0.2, -0.15) is 17.4 Å². The van der Waals surface area contributed by atoms with E-state index in [2.05, 4.69) is 11.3 Å². The first-order valence-electron chi connectivity index (χ1n) is 6.73. The number of carbonyl (C=O) groups is 1. The van der Waals surface area contributed by atoms with Crippen molar-refractivity contribution in [1.82, 2.24) is 13.9 Å². The largest absolute Gasteiger partial charge is 0.337 e. The molecule has 1 amide bonds. The van der Waals surface area contributed by atoms with Crippen LogP contribution in [0.4, 0.5) is 0 Å². The molecule has 1 aliphatic heterocycles. The maximum Gasteiger partial charge on any atom is 0.279 e. The Hall–Kier alpha value is -1.70. The molecule has 0 radical (unpaired) electrons. The van der Waals surface area contributed by atoms with Crippen molar-refractivity contribution in [2.24, 2.45) is 0 Å². The summed E-state index contributed by atoms with van der Waals surface area (Å²) < 4.78 is 28.3. The third kappa shape index (κ3) is 4.13. The van der Waals surface area contributed by atoms with Gasteiger partial charge in [-0.3, -0.25) is 4.79 Å².